The highest BCUT2D eigenvalue weighted by Gasteiger charge is 2.21. The molecule has 1 saturated heterocycles. The average Bonchev–Trinajstić information content (AvgIpc) is 3.16. The van der Waals surface area contributed by atoms with Gasteiger partial charge in [0.2, 0.25) is 0 Å². The summed E-state index contributed by atoms with van der Waals surface area (Å²) in [6.07, 6.45) is 1.85. The first-order chi connectivity index (χ1) is 13.1. The second-order valence-corrected chi connectivity index (χ2v) is 7.62. The van der Waals surface area contributed by atoms with E-state index in [2.05, 4.69) is 4.90 Å². The highest BCUT2D eigenvalue weighted by atomic mass is 35.5. The molecule has 0 aliphatic carbocycles. The van der Waals surface area contributed by atoms with Gasteiger partial charge in [0, 0.05) is 31.3 Å². The third-order valence-electron chi connectivity index (χ3n) is 4.80. The van der Waals surface area contributed by atoms with Crippen LogP contribution in [0.5, 0.6) is 5.75 Å². The Morgan fingerprint density at radius 3 is 2.70 bits per heavy atom. The van der Waals surface area contributed by atoms with Gasteiger partial charge >= 0.3 is 0 Å². The predicted octanol–water partition coefficient (Wildman–Crippen LogP) is 4.07. The number of benzene rings is 2. The van der Waals surface area contributed by atoms with Crippen molar-refractivity contribution < 1.29 is 14.6 Å². The summed E-state index contributed by atoms with van der Waals surface area (Å²) in [6, 6.07) is 15.7. The van der Waals surface area contributed by atoms with Gasteiger partial charge in [-0.3, -0.25) is 4.90 Å². The summed E-state index contributed by atoms with van der Waals surface area (Å²) in [5, 5.41) is 11.3. The first-order valence-electron chi connectivity index (χ1n) is 9.55. The average molecular weight is 390 g/mol. The zero-order chi connectivity index (χ0) is 19.1. The van der Waals surface area contributed by atoms with E-state index in [-0.39, 0.29) is 12.7 Å². The lowest BCUT2D eigenvalue weighted by atomic mass is 10.1. The summed E-state index contributed by atoms with van der Waals surface area (Å²) in [6.45, 7) is 5.20. The molecule has 3 rings (SSSR count). The van der Waals surface area contributed by atoms with E-state index in [0.717, 1.165) is 48.9 Å². The first-order valence-corrected chi connectivity index (χ1v) is 9.93. The first kappa shape index (κ1) is 20.2. The van der Waals surface area contributed by atoms with Gasteiger partial charge in [0.05, 0.1) is 6.10 Å². The van der Waals surface area contributed by atoms with Crippen LogP contribution in [0.25, 0.3) is 0 Å². The van der Waals surface area contributed by atoms with Gasteiger partial charge < -0.3 is 14.6 Å². The summed E-state index contributed by atoms with van der Waals surface area (Å²) in [4.78, 5) is 2.24. The standard InChI is InChI=1S/C22H28ClNO3/c1-17-5-2-3-7-22(17)27-16-20(25)14-24(15-21-6-4-12-26-21)13-18-8-10-19(23)11-9-18/h2-3,5,7-11,20-21,25H,4,6,12-16H2,1H3. The number of rotatable bonds is 9. The van der Waals surface area contributed by atoms with Crippen LogP contribution in [0.4, 0.5) is 0 Å². The summed E-state index contributed by atoms with van der Waals surface area (Å²) in [7, 11) is 0. The van der Waals surface area contributed by atoms with Gasteiger partial charge in [-0.1, -0.05) is 41.9 Å². The van der Waals surface area contributed by atoms with E-state index in [1.165, 1.54) is 5.56 Å². The number of nitrogens with zero attached hydrogens (tertiary/aromatic N) is 1. The molecule has 1 N–H and O–H groups in total. The third kappa shape index (κ3) is 6.51. The van der Waals surface area contributed by atoms with Crippen LogP contribution >= 0.6 is 11.6 Å². The van der Waals surface area contributed by atoms with E-state index in [1.54, 1.807) is 0 Å². The summed E-state index contributed by atoms with van der Waals surface area (Å²) in [5.74, 6) is 0.819. The van der Waals surface area contributed by atoms with Gasteiger partial charge in [0.25, 0.3) is 0 Å². The smallest absolute Gasteiger partial charge is 0.122 e. The molecular formula is C22H28ClNO3. The minimum Gasteiger partial charge on any atom is -0.491 e. The fraction of sp³-hybridized carbons (Fsp3) is 0.455. The van der Waals surface area contributed by atoms with Crippen LogP contribution in [0.3, 0.4) is 0 Å². The largest absolute Gasteiger partial charge is 0.491 e. The van der Waals surface area contributed by atoms with Crippen molar-refractivity contribution in [1.82, 2.24) is 4.90 Å². The van der Waals surface area contributed by atoms with Crippen molar-refractivity contribution in [2.75, 3.05) is 26.3 Å². The lowest BCUT2D eigenvalue weighted by molar-refractivity contribution is 0.0313. The van der Waals surface area contributed by atoms with E-state index in [1.807, 2.05) is 55.5 Å². The maximum Gasteiger partial charge on any atom is 0.122 e. The molecule has 0 spiro atoms. The molecule has 27 heavy (non-hydrogen) atoms. The van der Waals surface area contributed by atoms with Crippen molar-refractivity contribution in [3.63, 3.8) is 0 Å². The molecule has 1 fully saturated rings. The Balaban J connectivity index is 1.57. The van der Waals surface area contributed by atoms with Crippen LogP contribution in [-0.4, -0.2) is 48.5 Å². The minimum atomic E-state index is -0.571. The number of hydrogen-bond donors (Lipinski definition) is 1. The highest BCUT2D eigenvalue weighted by Crippen LogP contribution is 2.18. The van der Waals surface area contributed by atoms with E-state index in [4.69, 9.17) is 21.1 Å². The molecule has 0 radical (unpaired) electrons. The molecule has 2 unspecified atom stereocenters. The molecule has 5 heteroatoms. The zero-order valence-corrected chi connectivity index (χ0v) is 16.6. The number of aryl methyl sites for hydroxylation is 1. The Morgan fingerprint density at radius 1 is 1.22 bits per heavy atom. The Hall–Kier alpha value is -1.59. The fourth-order valence-corrected chi connectivity index (χ4v) is 3.51. The monoisotopic (exact) mass is 389 g/mol. The fourth-order valence-electron chi connectivity index (χ4n) is 3.38. The maximum atomic E-state index is 10.5. The van der Waals surface area contributed by atoms with Crippen molar-refractivity contribution in [1.29, 1.82) is 0 Å². The van der Waals surface area contributed by atoms with Crippen LogP contribution in [-0.2, 0) is 11.3 Å². The normalized spacial score (nSPS) is 18.0. The maximum absolute atomic E-state index is 10.5. The van der Waals surface area contributed by atoms with Crippen molar-refractivity contribution in [2.24, 2.45) is 0 Å². The number of hydrogen-bond acceptors (Lipinski definition) is 4. The SMILES string of the molecule is Cc1ccccc1OCC(O)CN(Cc1ccc(Cl)cc1)CC1CCCO1. The number of para-hydroxylation sites is 1. The van der Waals surface area contributed by atoms with Crippen molar-refractivity contribution in [2.45, 2.75) is 38.5 Å². The van der Waals surface area contributed by atoms with Crippen molar-refractivity contribution >= 4 is 11.6 Å². The molecular weight excluding hydrogens is 362 g/mol. The third-order valence-corrected chi connectivity index (χ3v) is 5.05. The molecule has 1 heterocycles. The van der Waals surface area contributed by atoms with Gasteiger partial charge in [-0.2, -0.15) is 0 Å². The van der Waals surface area contributed by atoms with Gasteiger partial charge in [-0.25, -0.2) is 0 Å². The van der Waals surface area contributed by atoms with Crippen LogP contribution < -0.4 is 4.74 Å². The van der Waals surface area contributed by atoms with Crippen molar-refractivity contribution in [3.05, 3.63) is 64.7 Å². The van der Waals surface area contributed by atoms with Crippen LogP contribution in [0.1, 0.15) is 24.0 Å². The van der Waals surface area contributed by atoms with E-state index < -0.39 is 6.10 Å². The molecule has 2 aromatic rings. The number of ether oxygens (including phenoxy) is 2. The molecule has 2 aromatic carbocycles. The Kier molecular flexibility index (Phi) is 7.53. The van der Waals surface area contributed by atoms with Crippen molar-refractivity contribution in [3.8, 4) is 5.75 Å². The summed E-state index contributed by atoms with van der Waals surface area (Å²) in [5.41, 5.74) is 2.24. The van der Waals surface area contributed by atoms with Crippen LogP contribution in [0.2, 0.25) is 5.02 Å². The Morgan fingerprint density at radius 2 is 2.00 bits per heavy atom. The van der Waals surface area contributed by atoms with Gasteiger partial charge in [-0.05, 0) is 49.1 Å². The molecule has 0 amide bonds. The second kappa shape index (κ2) is 10.1. The summed E-state index contributed by atoms with van der Waals surface area (Å²) < 4.78 is 11.6. The van der Waals surface area contributed by atoms with Gasteiger partial charge in [-0.15, -0.1) is 0 Å². The van der Waals surface area contributed by atoms with E-state index in [9.17, 15) is 5.11 Å². The van der Waals surface area contributed by atoms with Gasteiger partial charge in [0.15, 0.2) is 0 Å². The zero-order valence-electron chi connectivity index (χ0n) is 15.8. The quantitative estimate of drug-likeness (QED) is 0.702. The molecule has 0 saturated carbocycles. The number of aliphatic hydroxyl groups is 1. The van der Waals surface area contributed by atoms with Crippen LogP contribution in [0, 0.1) is 6.92 Å². The van der Waals surface area contributed by atoms with Gasteiger partial charge in [0.1, 0.15) is 18.5 Å². The van der Waals surface area contributed by atoms with Crippen LogP contribution in [0.15, 0.2) is 48.5 Å². The lowest BCUT2D eigenvalue weighted by Gasteiger charge is -2.27. The minimum absolute atomic E-state index is 0.238. The number of aliphatic hydroxyl groups excluding tert-OH is 1. The van der Waals surface area contributed by atoms with E-state index >= 15 is 0 Å². The Labute approximate surface area is 166 Å². The number of halogens is 1. The molecule has 4 nitrogen and oxygen atoms in total. The second-order valence-electron chi connectivity index (χ2n) is 7.19. The molecule has 0 aromatic heterocycles. The topological polar surface area (TPSA) is 41.9 Å². The molecule has 146 valence electrons. The molecule has 1 aliphatic rings. The molecule has 0 bridgehead atoms. The molecule has 1 aliphatic heterocycles. The lowest BCUT2D eigenvalue weighted by Crippen LogP contribution is -2.39. The van der Waals surface area contributed by atoms with E-state index in [0.29, 0.717) is 6.54 Å². The molecule has 2 atom stereocenters. The summed E-state index contributed by atoms with van der Waals surface area (Å²) >= 11 is 5.99. The predicted molar refractivity (Wildman–Crippen MR) is 108 cm³/mol. The highest BCUT2D eigenvalue weighted by molar-refractivity contribution is 6.30. The Bertz CT molecular complexity index is 701.